The Balaban J connectivity index is 1.53. The Bertz CT molecular complexity index is 543. The fourth-order valence-corrected chi connectivity index (χ4v) is 2.95. The standard InChI is InChI=1S/C17H22N2O4/c20-16(15-8-4-13-22-15)18-9-5-10-19(12-11-18)17(21)23-14-6-2-1-3-7-14/h1-3,6-7,15H,4-5,8-13H2. The van der Waals surface area contributed by atoms with Gasteiger partial charge in [0.25, 0.3) is 5.91 Å². The van der Waals surface area contributed by atoms with E-state index in [2.05, 4.69) is 0 Å². The zero-order valence-corrected chi connectivity index (χ0v) is 13.1. The lowest BCUT2D eigenvalue weighted by Gasteiger charge is -2.24. The third-order valence-corrected chi connectivity index (χ3v) is 4.22. The van der Waals surface area contributed by atoms with Crippen LogP contribution in [0.25, 0.3) is 0 Å². The lowest BCUT2D eigenvalue weighted by atomic mass is 10.2. The molecule has 0 saturated carbocycles. The maximum Gasteiger partial charge on any atom is 0.415 e. The van der Waals surface area contributed by atoms with Crippen molar-refractivity contribution in [1.82, 2.24) is 9.80 Å². The van der Waals surface area contributed by atoms with Gasteiger partial charge in [0.2, 0.25) is 0 Å². The zero-order valence-electron chi connectivity index (χ0n) is 13.1. The van der Waals surface area contributed by atoms with Crippen LogP contribution in [-0.4, -0.2) is 60.7 Å². The molecule has 0 aromatic heterocycles. The first-order chi connectivity index (χ1) is 11.2. The molecule has 2 fully saturated rings. The number of nitrogens with zero attached hydrogens (tertiary/aromatic N) is 2. The van der Waals surface area contributed by atoms with Gasteiger partial charge >= 0.3 is 6.09 Å². The molecule has 0 aliphatic carbocycles. The molecule has 124 valence electrons. The van der Waals surface area contributed by atoms with Crippen LogP contribution in [0.3, 0.4) is 0 Å². The average molecular weight is 318 g/mol. The second kappa shape index (κ2) is 7.46. The van der Waals surface area contributed by atoms with E-state index in [1.807, 2.05) is 23.1 Å². The number of hydrogen-bond donors (Lipinski definition) is 0. The molecule has 23 heavy (non-hydrogen) atoms. The summed E-state index contributed by atoms with van der Waals surface area (Å²) in [6.07, 6.45) is 1.84. The van der Waals surface area contributed by atoms with E-state index in [0.29, 0.717) is 38.5 Å². The molecule has 1 unspecified atom stereocenters. The van der Waals surface area contributed by atoms with Crippen molar-refractivity contribution in [3.05, 3.63) is 30.3 Å². The van der Waals surface area contributed by atoms with Crippen molar-refractivity contribution in [2.45, 2.75) is 25.4 Å². The van der Waals surface area contributed by atoms with Crippen molar-refractivity contribution in [2.24, 2.45) is 0 Å². The predicted molar refractivity (Wildman–Crippen MR) is 84.2 cm³/mol. The third-order valence-electron chi connectivity index (χ3n) is 4.22. The van der Waals surface area contributed by atoms with Gasteiger partial charge in [0.1, 0.15) is 11.9 Å². The van der Waals surface area contributed by atoms with Crippen LogP contribution in [0.4, 0.5) is 4.79 Å². The Morgan fingerprint density at radius 3 is 2.48 bits per heavy atom. The normalized spacial score (nSPS) is 21.8. The van der Waals surface area contributed by atoms with Gasteiger partial charge in [-0.15, -0.1) is 0 Å². The minimum atomic E-state index is -0.359. The summed E-state index contributed by atoms with van der Waals surface area (Å²) in [6, 6.07) is 9.03. The van der Waals surface area contributed by atoms with Gasteiger partial charge in [0.05, 0.1) is 0 Å². The highest BCUT2D eigenvalue weighted by Crippen LogP contribution is 2.17. The highest BCUT2D eigenvalue weighted by Gasteiger charge is 2.30. The fraction of sp³-hybridized carbons (Fsp3) is 0.529. The molecule has 1 atom stereocenters. The SMILES string of the molecule is O=C(Oc1ccccc1)N1CCCN(C(=O)C2CCCO2)CC1. The molecule has 6 nitrogen and oxygen atoms in total. The number of rotatable bonds is 2. The van der Waals surface area contributed by atoms with Gasteiger partial charge in [-0.05, 0) is 31.4 Å². The first-order valence-electron chi connectivity index (χ1n) is 8.16. The molecular formula is C17H22N2O4. The van der Waals surface area contributed by atoms with Crippen molar-refractivity contribution < 1.29 is 19.1 Å². The van der Waals surface area contributed by atoms with Gasteiger partial charge in [-0.1, -0.05) is 18.2 Å². The minimum Gasteiger partial charge on any atom is -0.410 e. The lowest BCUT2D eigenvalue weighted by Crippen LogP contribution is -2.42. The number of amides is 2. The summed E-state index contributed by atoms with van der Waals surface area (Å²) in [6.45, 7) is 2.95. The van der Waals surface area contributed by atoms with Crippen LogP contribution in [0.2, 0.25) is 0 Å². The second-order valence-corrected chi connectivity index (χ2v) is 5.85. The molecule has 0 bridgehead atoms. The number of hydrogen-bond acceptors (Lipinski definition) is 4. The Labute approximate surface area is 136 Å². The smallest absolute Gasteiger partial charge is 0.410 e. The Morgan fingerprint density at radius 2 is 1.74 bits per heavy atom. The third kappa shape index (κ3) is 4.01. The maximum atomic E-state index is 12.4. The molecular weight excluding hydrogens is 296 g/mol. The number of carbonyl (C=O) groups is 2. The largest absolute Gasteiger partial charge is 0.415 e. The van der Waals surface area contributed by atoms with E-state index in [4.69, 9.17) is 9.47 Å². The molecule has 0 N–H and O–H groups in total. The second-order valence-electron chi connectivity index (χ2n) is 5.85. The molecule has 0 spiro atoms. The summed E-state index contributed by atoms with van der Waals surface area (Å²) >= 11 is 0. The van der Waals surface area contributed by atoms with Crippen LogP contribution < -0.4 is 4.74 Å². The van der Waals surface area contributed by atoms with Gasteiger partial charge in [-0.3, -0.25) is 4.79 Å². The van der Waals surface area contributed by atoms with Crippen LogP contribution in [0.5, 0.6) is 5.75 Å². The van der Waals surface area contributed by atoms with E-state index < -0.39 is 0 Å². The van der Waals surface area contributed by atoms with Crippen molar-refractivity contribution in [3.63, 3.8) is 0 Å². The van der Waals surface area contributed by atoms with Crippen LogP contribution in [-0.2, 0) is 9.53 Å². The van der Waals surface area contributed by atoms with Crippen molar-refractivity contribution in [3.8, 4) is 5.75 Å². The lowest BCUT2D eigenvalue weighted by molar-refractivity contribution is -0.140. The summed E-state index contributed by atoms with van der Waals surface area (Å²) in [4.78, 5) is 28.1. The van der Waals surface area contributed by atoms with Gasteiger partial charge in [0, 0.05) is 32.8 Å². The molecule has 2 saturated heterocycles. The van der Waals surface area contributed by atoms with E-state index >= 15 is 0 Å². The number of benzene rings is 1. The summed E-state index contributed by atoms with van der Waals surface area (Å²) in [5.74, 6) is 0.592. The average Bonchev–Trinajstić information content (AvgIpc) is 2.99. The Hall–Kier alpha value is -2.08. The Kier molecular flexibility index (Phi) is 5.12. The zero-order chi connectivity index (χ0) is 16.1. The van der Waals surface area contributed by atoms with Crippen molar-refractivity contribution in [1.29, 1.82) is 0 Å². The monoisotopic (exact) mass is 318 g/mol. The molecule has 2 aliphatic heterocycles. The summed E-state index contributed by atoms with van der Waals surface area (Å²) in [5.41, 5.74) is 0. The number of carbonyl (C=O) groups excluding carboxylic acids is 2. The first-order valence-corrected chi connectivity index (χ1v) is 8.16. The molecule has 6 heteroatoms. The van der Waals surface area contributed by atoms with Gasteiger partial charge in [-0.2, -0.15) is 0 Å². The van der Waals surface area contributed by atoms with E-state index in [0.717, 1.165) is 19.3 Å². The molecule has 0 radical (unpaired) electrons. The van der Waals surface area contributed by atoms with E-state index in [1.165, 1.54) is 0 Å². The number of para-hydroxylation sites is 1. The molecule has 2 heterocycles. The molecule has 2 amide bonds. The van der Waals surface area contributed by atoms with Crippen molar-refractivity contribution in [2.75, 3.05) is 32.8 Å². The first kappa shape index (κ1) is 15.8. The van der Waals surface area contributed by atoms with Crippen LogP contribution in [0, 0.1) is 0 Å². The number of ether oxygens (including phenoxy) is 2. The summed E-state index contributed by atoms with van der Waals surface area (Å²) in [5, 5.41) is 0. The quantitative estimate of drug-likeness (QED) is 0.835. The summed E-state index contributed by atoms with van der Waals surface area (Å²) in [7, 11) is 0. The molecule has 3 rings (SSSR count). The van der Waals surface area contributed by atoms with Crippen LogP contribution >= 0.6 is 0 Å². The van der Waals surface area contributed by atoms with Crippen molar-refractivity contribution >= 4 is 12.0 Å². The maximum absolute atomic E-state index is 12.4. The Morgan fingerprint density at radius 1 is 1.00 bits per heavy atom. The molecule has 1 aromatic rings. The topological polar surface area (TPSA) is 59.1 Å². The highest BCUT2D eigenvalue weighted by molar-refractivity contribution is 5.81. The predicted octanol–water partition coefficient (Wildman–Crippen LogP) is 1.90. The highest BCUT2D eigenvalue weighted by atomic mass is 16.6. The van der Waals surface area contributed by atoms with E-state index in [9.17, 15) is 9.59 Å². The van der Waals surface area contributed by atoms with Crippen LogP contribution in [0.1, 0.15) is 19.3 Å². The van der Waals surface area contributed by atoms with Gasteiger partial charge in [0.15, 0.2) is 0 Å². The van der Waals surface area contributed by atoms with Crippen LogP contribution in [0.15, 0.2) is 30.3 Å². The minimum absolute atomic E-state index is 0.0563. The fourth-order valence-electron chi connectivity index (χ4n) is 2.95. The van der Waals surface area contributed by atoms with E-state index in [-0.39, 0.29) is 18.1 Å². The summed E-state index contributed by atoms with van der Waals surface area (Å²) < 4.78 is 10.8. The molecule has 2 aliphatic rings. The van der Waals surface area contributed by atoms with Gasteiger partial charge < -0.3 is 19.3 Å². The van der Waals surface area contributed by atoms with Gasteiger partial charge in [-0.25, -0.2) is 4.79 Å². The van der Waals surface area contributed by atoms with E-state index in [1.54, 1.807) is 17.0 Å². The molecule has 1 aromatic carbocycles.